The van der Waals surface area contributed by atoms with Crippen molar-refractivity contribution in [1.29, 1.82) is 0 Å². The Morgan fingerprint density at radius 3 is 2.76 bits per heavy atom. The van der Waals surface area contributed by atoms with Crippen molar-refractivity contribution >= 4 is 11.0 Å². The smallest absolute Gasteiger partial charge is 0.134 e. The Morgan fingerprint density at radius 2 is 2.00 bits per heavy atom. The second kappa shape index (κ2) is 4.53. The predicted octanol–water partition coefficient (Wildman–Crippen LogP) is 3.73. The molecule has 1 fully saturated rings. The van der Waals surface area contributed by atoms with Gasteiger partial charge in [-0.15, -0.1) is 0 Å². The number of aryl methyl sites for hydroxylation is 1. The highest BCUT2D eigenvalue weighted by Gasteiger charge is 2.13. The van der Waals surface area contributed by atoms with Crippen molar-refractivity contribution in [2.24, 2.45) is 0 Å². The van der Waals surface area contributed by atoms with Crippen LogP contribution in [0.4, 0.5) is 0 Å². The van der Waals surface area contributed by atoms with E-state index in [2.05, 4.69) is 36.1 Å². The molecule has 3 rings (SSSR count). The lowest BCUT2D eigenvalue weighted by Gasteiger charge is -2.25. The molecule has 2 heterocycles. The average Bonchev–Trinajstić information content (AvgIpc) is 2.74. The summed E-state index contributed by atoms with van der Waals surface area (Å²) in [6.45, 7) is 5.54. The molecule has 0 spiro atoms. The molecule has 2 nitrogen and oxygen atoms in total. The number of hydrogen-bond acceptors (Lipinski definition) is 2. The molecule has 90 valence electrons. The maximum atomic E-state index is 5.91. The molecular formula is C15H19NO. The second-order valence-electron chi connectivity index (χ2n) is 5.04. The highest BCUT2D eigenvalue weighted by atomic mass is 16.3. The minimum absolute atomic E-state index is 0.966. The zero-order valence-corrected chi connectivity index (χ0v) is 10.4. The van der Waals surface area contributed by atoms with Crippen LogP contribution in [0.15, 0.2) is 28.7 Å². The summed E-state index contributed by atoms with van der Waals surface area (Å²) in [6.07, 6.45) is 4.05. The molecule has 0 radical (unpaired) electrons. The maximum absolute atomic E-state index is 5.91. The monoisotopic (exact) mass is 229 g/mol. The van der Waals surface area contributed by atoms with Crippen LogP contribution in [0.5, 0.6) is 0 Å². The molecule has 1 aliphatic rings. The van der Waals surface area contributed by atoms with E-state index in [9.17, 15) is 0 Å². The number of likely N-dealkylation sites (tertiary alicyclic amines) is 1. The summed E-state index contributed by atoms with van der Waals surface area (Å²) in [4.78, 5) is 2.50. The lowest BCUT2D eigenvalue weighted by Crippen LogP contribution is -2.28. The third-order valence-corrected chi connectivity index (χ3v) is 3.66. The van der Waals surface area contributed by atoms with Crippen LogP contribution in [0.25, 0.3) is 11.0 Å². The molecule has 17 heavy (non-hydrogen) atoms. The van der Waals surface area contributed by atoms with Gasteiger partial charge in [0.15, 0.2) is 0 Å². The Hall–Kier alpha value is -1.28. The van der Waals surface area contributed by atoms with Crippen molar-refractivity contribution in [3.05, 3.63) is 35.6 Å². The van der Waals surface area contributed by atoms with E-state index in [0.717, 1.165) is 17.9 Å². The minimum Gasteiger partial charge on any atom is -0.460 e. The second-order valence-corrected chi connectivity index (χ2v) is 5.04. The van der Waals surface area contributed by atoms with Crippen molar-refractivity contribution in [2.75, 3.05) is 13.1 Å². The van der Waals surface area contributed by atoms with Crippen LogP contribution in [-0.4, -0.2) is 18.0 Å². The van der Waals surface area contributed by atoms with Crippen LogP contribution < -0.4 is 0 Å². The first kappa shape index (κ1) is 10.8. The van der Waals surface area contributed by atoms with Gasteiger partial charge in [0.1, 0.15) is 11.3 Å². The molecule has 1 saturated heterocycles. The Labute approximate surface area is 102 Å². The number of benzene rings is 1. The molecule has 2 aromatic rings. The van der Waals surface area contributed by atoms with Gasteiger partial charge in [-0.3, -0.25) is 4.90 Å². The van der Waals surface area contributed by atoms with Gasteiger partial charge in [0.05, 0.1) is 6.54 Å². The van der Waals surface area contributed by atoms with Crippen molar-refractivity contribution in [3.8, 4) is 0 Å². The Morgan fingerprint density at radius 1 is 1.18 bits per heavy atom. The van der Waals surface area contributed by atoms with Gasteiger partial charge in [-0.2, -0.15) is 0 Å². The maximum Gasteiger partial charge on any atom is 0.134 e. The normalized spacial score (nSPS) is 17.7. The van der Waals surface area contributed by atoms with E-state index in [4.69, 9.17) is 4.42 Å². The number of fused-ring (bicyclic) bond motifs is 1. The standard InChI is InChI=1S/C15H19NO/c1-12-6-5-7-15-14(12)10-13(17-15)11-16-8-3-2-4-9-16/h5-7,10H,2-4,8-9,11H2,1H3. The summed E-state index contributed by atoms with van der Waals surface area (Å²) >= 11 is 0. The van der Waals surface area contributed by atoms with Gasteiger partial charge < -0.3 is 4.42 Å². The van der Waals surface area contributed by atoms with Gasteiger partial charge in [-0.1, -0.05) is 18.6 Å². The number of piperidine rings is 1. The van der Waals surface area contributed by atoms with E-state index in [1.165, 1.54) is 43.3 Å². The fourth-order valence-corrected chi connectivity index (χ4v) is 2.68. The third kappa shape index (κ3) is 2.22. The van der Waals surface area contributed by atoms with Gasteiger partial charge in [0.25, 0.3) is 0 Å². The Kier molecular flexibility index (Phi) is 2.89. The number of rotatable bonds is 2. The van der Waals surface area contributed by atoms with Crippen LogP contribution >= 0.6 is 0 Å². The highest BCUT2D eigenvalue weighted by Crippen LogP contribution is 2.24. The van der Waals surface area contributed by atoms with Crippen LogP contribution in [0.1, 0.15) is 30.6 Å². The minimum atomic E-state index is 0.966. The third-order valence-electron chi connectivity index (χ3n) is 3.66. The number of nitrogens with zero attached hydrogens (tertiary/aromatic N) is 1. The predicted molar refractivity (Wildman–Crippen MR) is 70.1 cm³/mol. The molecule has 2 heteroatoms. The summed E-state index contributed by atoms with van der Waals surface area (Å²) in [5.41, 5.74) is 2.33. The van der Waals surface area contributed by atoms with E-state index < -0.39 is 0 Å². The van der Waals surface area contributed by atoms with E-state index in [1.54, 1.807) is 0 Å². The van der Waals surface area contributed by atoms with Gasteiger partial charge >= 0.3 is 0 Å². The Balaban J connectivity index is 1.83. The Bertz CT molecular complexity index is 509. The summed E-state index contributed by atoms with van der Waals surface area (Å²) < 4.78 is 5.91. The summed E-state index contributed by atoms with van der Waals surface area (Å²) in [6, 6.07) is 8.47. The number of hydrogen-bond donors (Lipinski definition) is 0. The lowest BCUT2D eigenvalue weighted by atomic mass is 10.1. The van der Waals surface area contributed by atoms with Gasteiger partial charge in [-0.05, 0) is 50.6 Å². The highest BCUT2D eigenvalue weighted by molar-refractivity contribution is 5.81. The van der Waals surface area contributed by atoms with Gasteiger partial charge in [0, 0.05) is 5.39 Å². The van der Waals surface area contributed by atoms with Crippen LogP contribution in [0, 0.1) is 6.92 Å². The molecule has 0 bridgehead atoms. The van der Waals surface area contributed by atoms with Crippen molar-refractivity contribution in [3.63, 3.8) is 0 Å². The van der Waals surface area contributed by atoms with Gasteiger partial charge in [0.2, 0.25) is 0 Å². The van der Waals surface area contributed by atoms with E-state index in [1.807, 2.05) is 0 Å². The first-order valence-electron chi connectivity index (χ1n) is 6.53. The average molecular weight is 229 g/mol. The fraction of sp³-hybridized carbons (Fsp3) is 0.467. The topological polar surface area (TPSA) is 16.4 Å². The van der Waals surface area contributed by atoms with E-state index in [-0.39, 0.29) is 0 Å². The van der Waals surface area contributed by atoms with Crippen LogP contribution in [0.3, 0.4) is 0 Å². The molecule has 1 aromatic carbocycles. The first-order chi connectivity index (χ1) is 8.33. The van der Waals surface area contributed by atoms with Crippen molar-refractivity contribution < 1.29 is 4.42 Å². The molecule has 0 saturated carbocycles. The molecule has 0 unspecified atom stereocenters. The zero-order chi connectivity index (χ0) is 11.7. The SMILES string of the molecule is Cc1cccc2oc(CN3CCCCC3)cc12. The molecule has 0 aliphatic carbocycles. The molecule has 1 aromatic heterocycles. The summed E-state index contributed by atoms with van der Waals surface area (Å²) in [7, 11) is 0. The molecule has 0 atom stereocenters. The van der Waals surface area contributed by atoms with Crippen LogP contribution in [-0.2, 0) is 6.54 Å². The van der Waals surface area contributed by atoms with Gasteiger partial charge in [-0.25, -0.2) is 0 Å². The molecular weight excluding hydrogens is 210 g/mol. The zero-order valence-electron chi connectivity index (χ0n) is 10.4. The van der Waals surface area contributed by atoms with Crippen molar-refractivity contribution in [1.82, 2.24) is 4.90 Å². The van der Waals surface area contributed by atoms with Crippen molar-refractivity contribution in [2.45, 2.75) is 32.7 Å². The van der Waals surface area contributed by atoms with E-state index >= 15 is 0 Å². The largest absolute Gasteiger partial charge is 0.460 e. The number of furan rings is 1. The van der Waals surface area contributed by atoms with E-state index in [0.29, 0.717) is 0 Å². The quantitative estimate of drug-likeness (QED) is 0.780. The molecule has 0 N–H and O–H groups in total. The first-order valence-corrected chi connectivity index (χ1v) is 6.53. The molecule has 0 amide bonds. The fourth-order valence-electron chi connectivity index (χ4n) is 2.68. The van der Waals surface area contributed by atoms with Crippen LogP contribution in [0.2, 0.25) is 0 Å². The summed E-state index contributed by atoms with van der Waals surface area (Å²) in [5, 5.41) is 1.26. The lowest BCUT2D eigenvalue weighted by molar-refractivity contribution is 0.207. The molecule has 1 aliphatic heterocycles. The summed E-state index contributed by atoms with van der Waals surface area (Å²) in [5.74, 6) is 1.11.